The minimum absolute atomic E-state index is 0.523. The fourth-order valence-electron chi connectivity index (χ4n) is 2.33. The summed E-state index contributed by atoms with van der Waals surface area (Å²) in [5.74, 6) is 1.99. The Morgan fingerprint density at radius 1 is 1.35 bits per heavy atom. The van der Waals surface area contributed by atoms with Gasteiger partial charge in [-0.1, -0.05) is 19.8 Å². The van der Waals surface area contributed by atoms with Gasteiger partial charge in [0.1, 0.15) is 0 Å². The highest BCUT2D eigenvalue weighted by Crippen LogP contribution is 2.25. The smallest absolute Gasteiger partial charge is 0.213 e. The Morgan fingerprint density at radius 3 is 2.76 bits per heavy atom. The lowest BCUT2D eigenvalue weighted by molar-refractivity contribution is 0.243. The summed E-state index contributed by atoms with van der Waals surface area (Å²) >= 11 is 5.87. The number of nitrogens with zero attached hydrogens (tertiary/aromatic N) is 1. The monoisotopic (exact) mass is 253 g/mol. The van der Waals surface area contributed by atoms with Gasteiger partial charge in [0.15, 0.2) is 0 Å². The quantitative estimate of drug-likeness (QED) is 0.742. The molecule has 0 radical (unpaired) electrons. The molecule has 0 bridgehead atoms. The first kappa shape index (κ1) is 12.7. The molecule has 94 valence electrons. The van der Waals surface area contributed by atoms with Crippen LogP contribution in [0.15, 0.2) is 12.1 Å². The lowest BCUT2D eigenvalue weighted by Gasteiger charge is -2.12. The van der Waals surface area contributed by atoms with Crippen molar-refractivity contribution in [1.29, 1.82) is 0 Å². The Hall–Kier alpha value is -0.760. The van der Waals surface area contributed by atoms with Gasteiger partial charge in [-0.25, -0.2) is 4.98 Å². The molecule has 1 saturated carbocycles. The van der Waals surface area contributed by atoms with Gasteiger partial charge in [-0.2, -0.15) is 0 Å². The summed E-state index contributed by atoms with van der Waals surface area (Å²) in [4.78, 5) is 4.48. The Kier molecular flexibility index (Phi) is 4.66. The highest BCUT2D eigenvalue weighted by atomic mass is 35.5. The summed E-state index contributed by atoms with van der Waals surface area (Å²) in [6.07, 6.45) is 6.23. The second kappa shape index (κ2) is 6.25. The first-order valence-electron chi connectivity index (χ1n) is 6.50. The molecule has 0 aliphatic heterocycles. The third-order valence-electron chi connectivity index (χ3n) is 3.37. The molecule has 1 heterocycles. The summed E-state index contributed by atoms with van der Waals surface area (Å²) in [5.41, 5.74) is 2.16. The molecule has 0 spiro atoms. The van der Waals surface area contributed by atoms with Crippen LogP contribution in [0.2, 0.25) is 0 Å². The van der Waals surface area contributed by atoms with Crippen LogP contribution in [-0.4, -0.2) is 11.6 Å². The maximum Gasteiger partial charge on any atom is 0.213 e. The van der Waals surface area contributed by atoms with Gasteiger partial charge in [0.05, 0.1) is 6.61 Å². The maximum absolute atomic E-state index is 5.87. The first-order chi connectivity index (χ1) is 8.31. The first-order valence-corrected chi connectivity index (χ1v) is 7.04. The molecule has 1 fully saturated rings. The molecule has 1 aromatic rings. The van der Waals surface area contributed by atoms with E-state index in [1.807, 2.05) is 6.07 Å². The van der Waals surface area contributed by atoms with E-state index < -0.39 is 0 Å². The fourth-order valence-corrected chi connectivity index (χ4v) is 2.49. The van der Waals surface area contributed by atoms with Crippen molar-refractivity contribution in [3.05, 3.63) is 23.4 Å². The van der Waals surface area contributed by atoms with E-state index in [0.29, 0.717) is 5.88 Å². The molecule has 0 saturated heterocycles. The van der Waals surface area contributed by atoms with Crippen molar-refractivity contribution in [2.45, 2.75) is 44.9 Å². The molecule has 0 amide bonds. The molecule has 2 rings (SSSR count). The van der Waals surface area contributed by atoms with E-state index in [4.69, 9.17) is 16.3 Å². The maximum atomic E-state index is 5.87. The average molecular weight is 254 g/mol. The highest BCUT2D eigenvalue weighted by molar-refractivity contribution is 6.17. The van der Waals surface area contributed by atoms with Crippen LogP contribution < -0.4 is 4.74 Å². The summed E-state index contributed by atoms with van der Waals surface area (Å²) in [6.45, 7) is 2.91. The molecule has 0 aromatic carbocycles. The zero-order chi connectivity index (χ0) is 12.1. The number of ether oxygens (including phenoxy) is 1. The fraction of sp³-hybridized carbons (Fsp3) is 0.643. The Labute approximate surface area is 108 Å². The predicted molar refractivity (Wildman–Crippen MR) is 70.6 cm³/mol. The molecule has 1 aliphatic carbocycles. The summed E-state index contributed by atoms with van der Waals surface area (Å²) in [6, 6.07) is 4.01. The number of aryl methyl sites for hydroxylation is 1. The van der Waals surface area contributed by atoms with Crippen LogP contribution in [0.1, 0.15) is 43.9 Å². The summed E-state index contributed by atoms with van der Waals surface area (Å²) in [5, 5.41) is 0. The van der Waals surface area contributed by atoms with E-state index in [2.05, 4.69) is 18.0 Å². The molecule has 2 nitrogen and oxygen atoms in total. The predicted octanol–water partition coefficient (Wildman–Crippen LogP) is 3.95. The second-order valence-corrected chi connectivity index (χ2v) is 5.02. The zero-order valence-electron chi connectivity index (χ0n) is 10.4. The number of aromatic nitrogens is 1. The molecule has 3 heteroatoms. The van der Waals surface area contributed by atoms with Crippen LogP contribution in [-0.2, 0) is 12.3 Å². The molecule has 1 aliphatic rings. The van der Waals surface area contributed by atoms with E-state index in [-0.39, 0.29) is 0 Å². The van der Waals surface area contributed by atoms with Crippen LogP contribution >= 0.6 is 11.6 Å². The Balaban J connectivity index is 1.98. The number of hydrogen-bond acceptors (Lipinski definition) is 2. The van der Waals surface area contributed by atoms with Crippen LogP contribution in [0.4, 0.5) is 0 Å². The molecule has 1 aromatic heterocycles. The van der Waals surface area contributed by atoms with Crippen LogP contribution in [0.3, 0.4) is 0 Å². The number of pyridine rings is 1. The van der Waals surface area contributed by atoms with E-state index in [0.717, 1.165) is 36.1 Å². The number of halogens is 1. The lowest BCUT2D eigenvalue weighted by atomic mass is 10.1. The van der Waals surface area contributed by atoms with Crippen molar-refractivity contribution >= 4 is 11.6 Å². The molecule has 0 N–H and O–H groups in total. The Bertz CT molecular complexity index is 339. The minimum Gasteiger partial charge on any atom is -0.477 e. The van der Waals surface area contributed by atoms with Crippen molar-refractivity contribution < 1.29 is 4.74 Å². The normalized spacial score (nSPS) is 16.4. The summed E-state index contributed by atoms with van der Waals surface area (Å²) in [7, 11) is 0. The largest absolute Gasteiger partial charge is 0.477 e. The topological polar surface area (TPSA) is 22.1 Å². The molecule has 17 heavy (non-hydrogen) atoms. The third kappa shape index (κ3) is 3.60. The van der Waals surface area contributed by atoms with E-state index in [1.165, 1.54) is 25.7 Å². The van der Waals surface area contributed by atoms with Gasteiger partial charge in [0.2, 0.25) is 5.88 Å². The molecular formula is C14H20ClNO. The van der Waals surface area contributed by atoms with Gasteiger partial charge in [0, 0.05) is 17.6 Å². The van der Waals surface area contributed by atoms with Crippen LogP contribution in [0.25, 0.3) is 0 Å². The lowest BCUT2D eigenvalue weighted by Crippen LogP contribution is -2.09. The van der Waals surface area contributed by atoms with Gasteiger partial charge in [-0.3, -0.25) is 0 Å². The molecular weight excluding hydrogens is 234 g/mol. The van der Waals surface area contributed by atoms with Gasteiger partial charge in [-0.15, -0.1) is 11.6 Å². The van der Waals surface area contributed by atoms with Crippen molar-refractivity contribution in [3.63, 3.8) is 0 Å². The average Bonchev–Trinajstić information content (AvgIpc) is 2.89. The second-order valence-electron chi connectivity index (χ2n) is 4.75. The molecule has 0 unspecified atom stereocenters. The SMILES string of the molecule is CCc1cc(CCl)cc(OCC2CCCC2)n1. The van der Waals surface area contributed by atoms with Crippen molar-refractivity contribution in [2.75, 3.05) is 6.61 Å². The zero-order valence-corrected chi connectivity index (χ0v) is 11.2. The Morgan fingerprint density at radius 2 is 2.12 bits per heavy atom. The van der Waals surface area contributed by atoms with Crippen LogP contribution in [0, 0.1) is 5.92 Å². The van der Waals surface area contributed by atoms with Crippen LogP contribution in [0.5, 0.6) is 5.88 Å². The van der Waals surface area contributed by atoms with Gasteiger partial charge < -0.3 is 4.74 Å². The number of alkyl halides is 1. The number of hydrogen-bond donors (Lipinski definition) is 0. The number of rotatable bonds is 5. The van der Waals surface area contributed by atoms with Crippen molar-refractivity contribution in [3.8, 4) is 5.88 Å². The molecule has 0 atom stereocenters. The van der Waals surface area contributed by atoms with E-state index in [9.17, 15) is 0 Å². The van der Waals surface area contributed by atoms with Gasteiger partial charge in [0.25, 0.3) is 0 Å². The standard InChI is InChI=1S/C14H20ClNO/c1-2-13-7-12(9-15)8-14(16-13)17-10-11-5-3-4-6-11/h7-8,11H,2-6,9-10H2,1H3. The van der Waals surface area contributed by atoms with Gasteiger partial charge >= 0.3 is 0 Å². The van der Waals surface area contributed by atoms with Crippen molar-refractivity contribution in [2.24, 2.45) is 5.92 Å². The highest BCUT2D eigenvalue weighted by Gasteiger charge is 2.15. The van der Waals surface area contributed by atoms with Crippen molar-refractivity contribution in [1.82, 2.24) is 4.98 Å². The van der Waals surface area contributed by atoms with Gasteiger partial charge in [-0.05, 0) is 36.8 Å². The summed E-state index contributed by atoms with van der Waals surface area (Å²) < 4.78 is 5.81. The van der Waals surface area contributed by atoms with E-state index in [1.54, 1.807) is 0 Å². The minimum atomic E-state index is 0.523. The van der Waals surface area contributed by atoms with E-state index >= 15 is 0 Å². The third-order valence-corrected chi connectivity index (χ3v) is 3.68.